The van der Waals surface area contributed by atoms with Crippen LogP contribution >= 0.6 is 0 Å². The van der Waals surface area contributed by atoms with Crippen LogP contribution in [0.2, 0.25) is 0 Å². The number of nitrogens with one attached hydrogen (secondary N) is 1. The molecular weight excluding hydrogens is 346 g/mol. The molecule has 2 rings (SSSR count). The molecule has 0 aliphatic heterocycles. The summed E-state index contributed by atoms with van der Waals surface area (Å²) in [5.41, 5.74) is 3.91. The van der Waals surface area contributed by atoms with Crippen molar-refractivity contribution in [2.45, 2.75) is 32.6 Å². The first-order valence-electron chi connectivity index (χ1n) is 8.87. The van der Waals surface area contributed by atoms with E-state index in [2.05, 4.69) is 17.5 Å². The standard InChI is InChI=1S/C20H23N3O4/c1-2-3-6-13-27-19-8-5-4-7-17(19)15-21-22-20(24)14-16-9-11-18(12-10-16)23(25)26/h4-5,7-12,15H,2-3,6,13-14H2,1H3,(H,22,24). The number of nitrogens with zero attached hydrogens (tertiary/aromatic N) is 2. The number of ether oxygens (including phenoxy) is 1. The monoisotopic (exact) mass is 369 g/mol. The molecule has 1 amide bonds. The molecule has 0 radical (unpaired) electrons. The summed E-state index contributed by atoms with van der Waals surface area (Å²) < 4.78 is 5.76. The Morgan fingerprint density at radius 1 is 1.19 bits per heavy atom. The second kappa shape index (κ2) is 10.7. The van der Waals surface area contributed by atoms with Gasteiger partial charge in [-0.25, -0.2) is 5.43 Å². The molecule has 2 aromatic rings. The highest BCUT2D eigenvalue weighted by Crippen LogP contribution is 2.16. The Balaban J connectivity index is 1.87. The molecule has 0 atom stereocenters. The van der Waals surface area contributed by atoms with E-state index in [0.717, 1.165) is 30.6 Å². The van der Waals surface area contributed by atoms with Gasteiger partial charge in [0.15, 0.2) is 0 Å². The van der Waals surface area contributed by atoms with Gasteiger partial charge in [-0.3, -0.25) is 14.9 Å². The maximum Gasteiger partial charge on any atom is 0.269 e. The normalized spacial score (nSPS) is 10.7. The Hall–Kier alpha value is -3.22. The van der Waals surface area contributed by atoms with Crippen LogP contribution in [-0.2, 0) is 11.2 Å². The van der Waals surface area contributed by atoms with Crippen molar-refractivity contribution >= 4 is 17.8 Å². The maximum atomic E-state index is 12.0. The maximum absolute atomic E-state index is 12.0. The highest BCUT2D eigenvalue weighted by Gasteiger charge is 2.07. The van der Waals surface area contributed by atoms with Crippen molar-refractivity contribution in [3.8, 4) is 5.75 Å². The van der Waals surface area contributed by atoms with Crippen LogP contribution in [0.1, 0.15) is 37.3 Å². The number of carbonyl (C=O) groups is 1. The van der Waals surface area contributed by atoms with Gasteiger partial charge in [0.1, 0.15) is 5.75 Å². The average Bonchev–Trinajstić information content (AvgIpc) is 2.66. The van der Waals surface area contributed by atoms with Gasteiger partial charge >= 0.3 is 0 Å². The van der Waals surface area contributed by atoms with Crippen molar-refractivity contribution in [2.24, 2.45) is 5.10 Å². The molecule has 7 heteroatoms. The van der Waals surface area contributed by atoms with E-state index in [-0.39, 0.29) is 18.0 Å². The lowest BCUT2D eigenvalue weighted by atomic mass is 10.1. The van der Waals surface area contributed by atoms with E-state index in [4.69, 9.17) is 4.74 Å². The zero-order valence-electron chi connectivity index (χ0n) is 15.3. The highest BCUT2D eigenvalue weighted by molar-refractivity contribution is 5.85. The topological polar surface area (TPSA) is 93.8 Å². The number of hydrogen-bond acceptors (Lipinski definition) is 5. The Labute approximate surface area is 158 Å². The van der Waals surface area contributed by atoms with E-state index < -0.39 is 4.92 Å². The summed E-state index contributed by atoms with van der Waals surface area (Å²) in [6.45, 7) is 2.78. The lowest BCUT2D eigenvalue weighted by Gasteiger charge is -2.08. The van der Waals surface area contributed by atoms with Crippen molar-refractivity contribution in [2.75, 3.05) is 6.61 Å². The fraction of sp³-hybridized carbons (Fsp3) is 0.300. The van der Waals surface area contributed by atoms with Crippen molar-refractivity contribution in [3.63, 3.8) is 0 Å². The summed E-state index contributed by atoms with van der Waals surface area (Å²) in [4.78, 5) is 22.1. The van der Waals surface area contributed by atoms with Gasteiger partial charge < -0.3 is 4.74 Å². The van der Waals surface area contributed by atoms with Crippen molar-refractivity contribution in [1.29, 1.82) is 0 Å². The van der Waals surface area contributed by atoms with E-state index in [0.29, 0.717) is 12.2 Å². The molecule has 0 saturated heterocycles. The van der Waals surface area contributed by atoms with Crippen LogP contribution in [0, 0.1) is 10.1 Å². The second-order valence-electron chi connectivity index (χ2n) is 5.99. The number of hydrogen-bond donors (Lipinski definition) is 1. The molecular formula is C20H23N3O4. The number of non-ortho nitro benzene ring substituents is 1. The molecule has 2 aromatic carbocycles. The zero-order valence-corrected chi connectivity index (χ0v) is 15.3. The smallest absolute Gasteiger partial charge is 0.269 e. The minimum Gasteiger partial charge on any atom is -0.493 e. The molecule has 0 aliphatic carbocycles. The Kier molecular flexibility index (Phi) is 7.96. The molecule has 0 spiro atoms. The number of nitro groups is 1. The van der Waals surface area contributed by atoms with Gasteiger partial charge in [0.2, 0.25) is 5.91 Å². The predicted octanol–water partition coefficient (Wildman–Crippen LogP) is 3.86. The summed E-state index contributed by atoms with van der Waals surface area (Å²) in [7, 11) is 0. The van der Waals surface area contributed by atoms with Gasteiger partial charge in [-0.05, 0) is 24.1 Å². The first-order valence-corrected chi connectivity index (χ1v) is 8.87. The number of unbranched alkanes of at least 4 members (excludes halogenated alkanes) is 2. The number of para-hydroxylation sites is 1. The first-order chi connectivity index (χ1) is 13.1. The largest absolute Gasteiger partial charge is 0.493 e. The minimum absolute atomic E-state index is 0.00674. The molecule has 7 nitrogen and oxygen atoms in total. The van der Waals surface area contributed by atoms with Crippen molar-refractivity contribution in [1.82, 2.24) is 5.43 Å². The van der Waals surface area contributed by atoms with Gasteiger partial charge in [0.05, 0.1) is 24.2 Å². The number of nitro benzene ring substituents is 1. The highest BCUT2D eigenvalue weighted by atomic mass is 16.6. The van der Waals surface area contributed by atoms with Crippen LogP contribution < -0.4 is 10.2 Å². The fourth-order valence-electron chi connectivity index (χ4n) is 2.39. The minimum atomic E-state index is -0.476. The molecule has 0 saturated carbocycles. The third kappa shape index (κ3) is 6.89. The summed E-state index contributed by atoms with van der Waals surface area (Å²) in [5.74, 6) is 0.420. The number of hydrazone groups is 1. The van der Waals surface area contributed by atoms with Crippen LogP contribution in [0.5, 0.6) is 5.75 Å². The average molecular weight is 369 g/mol. The number of benzene rings is 2. The summed E-state index contributed by atoms with van der Waals surface area (Å²) in [6, 6.07) is 13.4. The lowest BCUT2D eigenvalue weighted by Crippen LogP contribution is -2.19. The SMILES string of the molecule is CCCCCOc1ccccc1C=NNC(=O)Cc1ccc([N+](=O)[O-])cc1. The summed E-state index contributed by atoms with van der Waals surface area (Å²) in [6.07, 6.45) is 4.88. The quantitative estimate of drug-likeness (QED) is 0.298. The third-order valence-electron chi connectivity index (χ3n) is 3.83. The van der Waals surface area contributed by atoms with Crippen LogP contribution in [0.25, 0.3) is 0 Å². The third-order valence-corrected chi connectivity index (χ3v) is 3.83. The molecule has 0 bridgehead atoms. The Morgan fingerprint density at radius 3 is 2.63 bits per heavy atom. The van der Waals surface area contributed by atoms with Crippen LogP contribution in [0.15, 0.2) is 53.6 Å². The van der Waals surface area contributed by atoms with Gasteiger partial charge in [-0.2, -0.15) is 5.10 Å². The van der Waals surface area contributed by atoms with Crippen LogP contribution in [-0.4, -0.2) is 23.7 Å². The molecule has 1 N–H and O–H groups in total. The molecule has 0 aliphatic rings. The van der Waals surface area contributed by atoms with Gasteiger partial charge in [-0.1, -0.05) is 44.0 Å². The summed E-state index contributed by atoms with van der Waals surface area (Å²) in [5, 5.41) is 14.6. The van der Waals surface area contributed by atoms with E-state index in [1.54, 1.807) is 18.3 Å². The second-order valence-corrected chi connectivity index (χ2v) is 5.99. The van der Waals surface area contributed by atoms with Crippen molar-refractivity contribution in [3.05, 3.63) is 69.8 Å². The zero-order chi connectivity index (χ0) is 19.5. The number of carbonyl (C=O) groups excluding carboxylic acids is 1. The molecule has 27 heavy (non-hydrogen) atoms. The van der Waals surface area contributed by atoms with Crippen LogP contribution in [0.3, 0.4) is 0 Å². The van der Waals surface area contributed by atoms with Gasteiger partial charge in [-0.15, -0.1) is 0 Å². The Bertz CT molecular complexity index is 788. The number of amides is 1. The Morgan fingerprint density at radius 2 is 1.93 bits per heavy atom. The molecule has 0 fully saturated rings. The van der Waals surface area contributed by atoms with E-state index in [1.165, 1.54) is 12.1 Å². The van der Waals surface area contributed by atoms with Crippen LogP contribution in [0.4, 0.5) is 5.69 Å². The first kappa shape index (κ1) is 20.1. The summed E-state index contributed by atoms with van der Waals surface area (Å²) >= 11 is 0. The predicted molar refractivity (Wildman–Crippen MR) is 104 cm³/mol. The van der Waals surface area contributed by atoms with E-state index in [1.807, 2.05) is 24.3 Å². The molecule has 142 valence electrons. The molecule has 0 unspecified atom stereocenters. The van der Waals surface area contributed by atoms with Crippen molar-refractivity contribution < 1.29 is 14.5 Å². The molecule has 0 aromatic heterocycles. The fourth-order valence-corrected chi connectivity index (χ4v) is 2.39. The lowest BCUT2D eigenvalue weighted by molar-refractivity contribution is -0.384. The van der Waals surface area contributed by atoms with Gasteiger partial charge in [0, 0.05) is 17.7 Å². The van der Waals surface area contributed by atoms with Gasteiger partial charge in [0.25, 0.3) is 5.69 Å². The van der Waals surface area contributed by atoms with E-state index in [9.17, 15) is 14.9 Å². The molecule has 0 heterocycles. The van der Waals surface area contributed by atoms with E-state index >= 15 is 0 Å². The number of rotatable bonds is 10.